The molecular weight excluding hydrogens is 396 g/mol. The van der Waals surface area contributed by atoms with E-state index in [9.17, 15) is 14.4 Å². The minimum absolute atomic E-state index is 0.103. The van der Waals surface area contributed by atoms with Crippen LogP contribution < -0.4 is 10.6 Å². The average molecular weight is 413 g/mol. The van der Waals surface area contributed by atoms with Crippen molar-refractivity contribution < 1.29 is 23.5 Å². The van der Waals surface area contributed by atoms with Gasteiger partial charge in [0.2, 0.25) is 0 Å². The maximum Gasteiger partial charge on any atom is 0.340 e. The number of para-hydroxylation sites is 1. The number of hydrogen-bond donors (Lipinski definition) is 2. The van der Waals surface area contributed by atoms with Crippen LogP contribution in [0.4, 0.5) is 11.4 Å². The molecule has 0 radical (unpaired) electrons. The number of hydrogen-bond acceptors (Lipinski definition) is 5. The molecule has 0 fully saturated rings. The molecule has 1 heterocycles. The summed E-state index contributed by atoms with van der Waals surface area (Å²) in [6.45, 7) is 1.31. The molecule has 7 nitrogen and oxygen atoms in total. The lowest BCUT2D eigenvalue weighted by Gasteiger charge is -2.11. The molecule has 0 aliphatic rings. The number of halogens is 1. The Labute approximate surface area is 171 Å². The van der Waals surface area contributed by atoms with E-state index in [0.29, 0.717) is 10.7 Å². The maximum absolute atomic E-state index is 12.4. The summed E-state index contributed by atoms with van der Waals surface area (Å²) in [6.07, 6.45) is 1.37. The van der Waals surface area contributed by atoms with Gasteiger partial charge < -0.3 is 19.8 Å². The van der Waals surface area contributed by atoms with Crippen LogP contribution in [0.1, 0.15) is 26.5 Å². The average Bonchev–Trinajstić information content (AvgIpc) is 3.24. The number of aryl methyl sites for hydroxylation is 1. The second-order valence-corrected chi connectivity index (χ2v) is 6.50. The van der Waals surface area contributed by atoms with Gasteiger partial charge in [0.1, 0.15) is 0 Å². The molecule has 148 valence electrons. The molecular formula is C21H17ClN2O5. The van der Waals surface area contributed by atoms with Crippen LogP contribution in [0, 0.1) is 6.92 Å². The number of carbonyl (C=O) groups is 3. The Morgan fingerprint density at radius 1 is 1.00 bits per heavy atom. The van der Waals surface area contributed by atoms with Gasteiger partial charge in [0.05, 0.1) is 17.5 Å². The molecule has 0 saturated carbocycles. The van der Waals surface area contributed by atoms with Gasteiger partial charge in [0, 0.05) is 10.7 Å². The fourth-order valence-electron chi connectivity index (χ4n) is 2.52. The Bertz CT molecular complexity index is 1050. The Hall–Kier alpha value is -3.58. The van der Waals surface area contributed by atoms with E-state index in [0.717, 1.165) is 5.56 Å². The highest BCUT2D eigenvalue weighted by Crippen LogP contribution is 2.20. The summed E-state index contributed by atoms with van der Waals surface area (Å²) in [7, 11) is 0. The Morgan fingerprint density at radius 2 is 1.79 bits per heavy atom. The van der Waals surface area contributed by atoms with Gasteiger partial charge in [-0.1, -0.05) is 23.7 Å². The van der Waals surface area contributed by atoms with Crippen molar-refractivity contribution >= 4 is 40.8 Å². The summed E-state index contributed by atoms with van der Waals surface area (Å²) >= 11 is 5.89. The number of esters is 1. The number of nitrogens with one attached hydrogen (secondary N) is 2. The van der Waals surface area contributed by atoms with Gasteiger partial charge in [-0.2, -0.15) is 0 Å². The molecule has 0 spiro atoms. The Balaban J connectivity index is 1.62. The topological polar surface area (TPSA) is 97.6 Å². The van der Waals surface area contributed by atoms with Gasteiger partial charge in [0.15, 0.2) is 12.4 Å². The molecule has 0 unspecified atom stereocenters. The highest BCUT2D eigenvalue weighted by atomic mass is 35.5. The predicted molar refractivity (Wildman–Crippen MR) is 108 cm³/mol. The number of furan rings is 1. The summed E-state index contributed by atoms with van der Waals surface area (Å²) < 4.78 is 10.1. The third kappa shape index (κ3) is 5.24. The molecule has 3 aromatic rings. The van der Waals surface area contributed by atoms with E-state index >= 15 is 0 Å². The number of benzene rings is 2. The van der Waals surface area contributed by atoms with Gasteiger partial charge in [-0.15, -0.1) is 0 Å². The van der Waals surface area contributed by atoms with Crippen molar-refractivity contribution in [2.24, 2.45) is 0 Å². The van der Waals surface area contributed by atoms with Crippen molar-refractivity contribution in [2.45, 2.75) is 6.92 Å². The zero-order valence-electron chi connectivity index (χ0n) is 15.4. The van der Waals surface area contributed by atoms with Crippen molar-refractivity contribution in [3.63, 3.8) is 0 Å². The molecule has 0 aliphatic carbocycles. The van der Waals surface area contributed by atoms with Crippen LogP contribution >= 0.6 is 11.6 Å². The molecule has 2 amide bonds. The molecule has 3 rings (SSSR count). The quantitative estimate of drug-likeness (QED) is 0.588. The van der Waals surface area contributed by atoms with Gasteiger partial charge in [-0.25, -0.2) is 4.79 Å². The standard InChI is InChI=1S/C21H17ClN2O5/c1-13-11-14(22)8-9-16(13)23-19(25)12-29-21(27)15-5-2-3-6-17(15)24-20(26)18-7-4-10-28-18/h2-11H,12H2,1H3,(H,23,25)(H,24,26). The van der Waals surface area contributed by atoms with Crippen LogP contribution in [0.2, 0.25) is 5.02 Å². The first-order chi connectivity index (χ1) is 13.9. The fraction of sp³-hybridized carbons (Fsp3) is 0.0952. The van der Waals surface area contributed by atoms with E-state index in [2.05, 4.69) is 10.6 Å². The van der Waals surface area contributed by atoms with Gasteiger partial charge in [-0.3, -0.25) is 9.59 Å². The Morgan fingerprint density at radius 3 is 2.52 bits per heavy atom. The van der Waals surface area contributed by atoms with Crippen molar-refractivity contribution in [3.05, 3.63) is 82.8 Å². The van der Waals surface area contributed by atoms with Crippen LogP contribution in [-0.4, -0.2) is 24.4 Å². The summed E-state index contributed by atoms with van der Waals surface area (Å²) in [6, 6.07) is 14.4. The largest absolute Gasteiger partial charge is 0.459 e. The summed E-state index contributed by atoms with van der Waals surface area (Å²) in [4.78, 5) is 36.7. The smallest absolute Gasteiger partial charge is 0.340 e. The minimum Gasteiger partial charge on any atom is -0.459 e. The number of amides is 2. The number of rotatable bonds is 6. The first-order valence-corrected chi connectivity index (χ1v) is 8.99. The molecule has 0 atom stereocenters. The van der Waals surface area contributed by atoms with Gasteiger partial charge in [-0.05, 0) is 55.0 Å². The maximum atomic E-state index is 12.4. The fourth-order valence-corrected chi connectivity index (χ4v) is 2.75. The van der Waals surface area contributed by atoms with E-state index in [4.69, 9.17) is 20.8 Å². The van der Waals surface area contributed by atoms with Crippen molar-refractivity contribution in [2.75, 3.05) is 17.2 Å². The normalized spacial score (nSPS) is 10.3. The summed E-state index contributed by atoms with van der Waals surface area (Å²) in [5, 5.41) is 5.80. The minimum atomic E-state index is -0.747. The van der Waals surface area contributed by atoms with Crippen molar-refractivity contribution in [1.29, 1.82) is 0 Å². The van der Waals surface area contributed by atoms with E-state index in [1.165, 1.54) is 18.4 Å². The predicted octanol–water partition coefficient (Wildman–Crippen LogP) is 4.29. The van der Waals surface area contributed by atoms with E-state index in [1.54, 1.807) is 49.4 Å². The summed E-state index contributed by atoms with van der Waals surface area (Å²) in [5.41, 5.74) is 1.71. The van der Waals surface area contributed by atoms with Gasteiger partial charge >= 0.3 is 5.97 Å². The highest BCUT2D eigenvalue weighted by molar-refractivity contribution is 6.30. The first-order valence-electron chi connectivity index (χ1n) is 8.61. The van der Waals surface area contributed by atoms with Gasteiger partial charge in [0.25, 0.3) is 11.8 Å². The summed E-state index contributed by atoms with van der Waals surface area (Å²) in [5.74, 6) is -1.65. The molecule has 0 aliphatic heterocycles. The monoisotopic (exact) mass is 412 g/mol. The van der Waals surface area contributed by atoms with Crippen LogP contribution in [0.25, 0.3) is 0 Å². The van der Waals surface area contributed by atoms with E-state index < -0.39 is 24.4 Å². The van der Waals surface area contributed by atoms with E-state index in [-0.39, 0.29) is 17.0 Å². The molecule has 2 aromatic carbocycles. The SMILES string of the molecule is Cc1cc(Cl)ccc1NC(=O)COC(=O)c1ccccc1NC(=O)c1ccco1. The number of carbonyl (C=O) groups excluding carboxylic acids is 3. The zero-order valence-corrected chi connectivity index (χ0v) is 16.2. The van der Waals surface area contributed by atoms with Crippen LogP contribution in [0.5, 0.6) is 0 Å². The molecule has 29 heavy (non-hydrogen) atoms. The zero-order chi connectivity index (χ0) is 20.8. The van der Waals surface area contributed by atoms with Crippen LogP contribution in [0.3, 0.4) is 0 Å². The third-order valence-electron chi connectivity index (χ3n) is 3.94. The lowest BCUT2D eigenvalue weighted by molar-refractivity contribution is -0.119. The number of ether oxygens (including phenoxy) is 1. The second-order valence-electron chi connectivity index (χ2n) is 6.06. The molecule has 0 saturated heterocycles. The second kappa shape index (κ2) is 9.07. The van der Waals surface area contributed by atoms with Crippen LogP contribution in [-0.2, 0) is 9.53 Å². The molecule has 2 N–H and O–H groups in total. The lowest BCUT2D eigenvalue weighted by atomic mass is 10.1. The third-order valence-corrected chi connectivity index (χ3v) is 4.17. The molecule has 8 heteroatoms. The lowest BCUT2D eigenvalue weighted by Crippen LogP contribution is -2.22. The van der Waals surface area contributed by atoms with E-state index in [1.807, 2.05) is 0 Å². The first kappa shape index (κ1) is 20.2. The van der Waals surface area contributed by atoms with Crippen LogP contribution in [0.15, 0.2) is 65.3 Å². The molecule has 1 aromatic heterocycles. The van der Waals surface area contributed by atoms with Crippen molar-refractivity contribution in [1.82, 2.24) is 0 Å². The highest BCUT2D eigenvalue weighted by Gasteiger charge is 2.17. The molecule has 0 bridgehead atoms. The number of anilines is 2. The Kier molecular flexibility index (Phi) is 6.31. The van der Waals surface area contributed by atoms with Crippen molar-refractivity contribution in [3.8, 4) is 0 Å².